The molecule has 4 rings (SSSR count). The lowest BCUT2D eigenvalue weighted by Gasteiger charge is -2.24. The second-order valence-electron chi connectivity index (χ2n) is 4.37. The molecular formula is C12H12O4. The second-order valence-corrected chi connectivity index (χ2v) is 4.37. The molecule has 4 nitrogen and oxygen atoms in total. The molecule has 4 heteroatoms. The summed E-state index contributed by atoms with van der Waals surface area (Å²) in [6, 6.07) is 3.98. The van der Waals surface area contributed by atoms with Crippen LogP contribution >= 0.6 is 0 Å². The fraction of sp³-hybridized carbons (Fsp3) is 0.500. The average Bonchev–Trinajstić information content (AvgIpc) is 2.88. The number of hydrogen-bond donors (Lipinski definition) is 0. The van der Waals surface area contributed by atoms with Crippen LogP contribution in [0.15, 0.2) is 12.1 Å². The maximum atomic E-state index is 5.92. The van der Waals surface area contributed by atoms with E-state index in [1.807, 2.05) is 12.1 Å². The summed E-state index contributed by atoms with van der Waals surface area (Å²) in [7, 11) is 0. The Bertz CT molecular complexity index is 443. The van der Waals surface area contributed by atoms with E-state index in [1.54, 1.807) is 0 Å². The fourth-order valence-corrected chi connectivity index (χ4v) is 2.64. The van der Waals surface area contributed by atoms with E-state index in [2.05, 4.69) is 0 Å². The van der Waals surface area contributed by atoms with Crippen LogP contribution in [0.5, 0.6) is 17.2 Å². The molecule has 2 unspecified atom stereocenters. The first kappa shape index (κ1) is 8.70. The van der Waals surface area contributed by atoms with Crippen LogP contribution in [0.4, 0.5) is 0 Å². The van der Waals surface area contributed by atoms with Gasteiger partial charge in [-0.25, -0.2) is 0 Å². The molecule has 1 aromatic carbocycles. The standard InChI is InChI=1S/C12H12O4/c1-2-13-5-8-7-3-11-12(15-6-14-11)4-10(7)16-9(1)8/h3-4,8-9H,1-2,5-6H2. The van der Waals surface area contributed by atoms with E-state index in [0.29, 0.717) is 12.7 Å². The van der Waals surface area contributed by atoms with E-state index in [0.717, 1.165) is 36.9 Å². The number of rotatable bonds is 0. The Labute approximate surface area is 93.1 Å². The first-order valence-electron chi connectivity index (χ1n) is 5.60. The van der Waals surface area contributed by atoms with Gasteiger partial charge in [-0.2, -0.15) is 0 Å². The molecule has 3 heterocycles. The third-order valence-corrected chi connectivity index (χ3v) is 3.48. The van der Waals surface area contributed by atoms with Crippen LogP contribution in [0.25, 0.3) is 0 Å². The zero-order chi connectivity index (χ0) is 10.5. The van der Waals surface area contributed by atoms with Crippen molar-refractivity contribution in [2.24, 2.45) is 0 Å². The lowest BCUT2D eigenvalue weighted by molar-refractivity contribution is 0.0224. The fourth-order valence-electron chi connectivity index (χ4n) is 2.64. The summed E-state index contributed by atoms with van der Waals surface area (Å²) in [4.78, 5) is 0. The first-order valence-corrected chi connectivity index (χ1v) is 5.60. The van der Waals surface area contributed by atoms with Gasteiger partial charge in [-0.1, -0.05) is 0 Å². The predicted octanol–water partition coefficient (Wildman–Crippen LogP) is 1.68. The van der Waals surface area contributed by atoms with Gasteiger partial charge in [0.15, 0.2) is 11.5 Å². The summed E-state index contributed by atoms with van der Waals surface area (Å²) in [5.41, 5.74) is 1.20. The van der Waals surface area contributed by atoms with Crippen molar-refractivity contribution in [3.8, 4) is 17.2 Å². The van der Waals surface area contributed by atoms with Crippen molar-refractivity contribution in [1.82, 2.24) is 0 Å². The summed E-state index contributed by atoms with van der Waals surface area (Å²) in [6.45, 7) is 1.85. The van der Waals surface area contributed by atoms with Gasteiger partial charge < -0.3 is 18.9 Å². The molecule has 0 N–H and O–H groups in total. The molecule has 3 aliphatic heterocycles. The molecule has 1 saturated heterocycles. The van der Waals surface area contributed by atoms with Crippen LogP contribution < -0.4 is 14.2 Å². The molecule has 2 atom stereocenters. The van der Waals surface area contributed by atoms with E-state index in [4.69, 9.17) is 18.9 Å². The van der Waals surface area contributed by atoms with Crippen LogP contribution in [0.1, 0.15) is 17.9 Å². The molecule has 0 spiro atoms. The Kier molecular flexibility index (Phi) is 1.65. The summed E-state index contributed by atoms with van der Waals surface area (Å²) in [5, 5.41) is 0. The van der Waals surface area contributed by atoms with Gasteiger partial charge in [0, 0.05) is 24.0 Å². The van der Waals surface area contributed by atoms with Crippen molar-refractivity contribution in [3.63, 3.8) is 0 Å². The summed E-state index contributed by atoms with van der Waals surface area (Å²) in [5.74, 6) is 2.91. The van der Waals surface area contributed by atoms with E-state index in [9.17, 15) is 0 Å². The highest BCUT2D eigenvalue weighted by molar-refractivity contribution is 5.55. The lowest BCUT2D eigenvalue weighted by Crippen LogP contribution is -2.29. The number of benzene rings is 1. The van der Waals surface area contributed by atoms with E-state index in [-0.39, 0.29) is 6.10 Å². The van der Waals surface area contributed by atoms with Crippen LogP contribution in [0.2, 0.25) is 0 Å². The largest absolute Gasteiger partial charge is 0.489 e. The molecule has 3 aliphatic rings. The second kappa shape index (κ2) is 3.04. The van der Waals surface area contributed by atoms with Crippen molar-refractivity contribution in [1.29, 1.82) is 0 Å². The smallest absolute Gasteiger partial charge is 0.231 e. The molecule has 0 radical (unpaired) electrons. The van der Waals surface area contributed by atoms with Crippen LogP contribution in [-0.2, 0) is 4.74 Å². The highest BCUT2D eigenvalue weighted by atomic mass is 16.7. The Morgan fingerprint density at radius 3 is 2.88 bits per heavy atom. The third kappa shape index (κ3) is 1.08. The zero-order valence-electron chi connectivity index (χ0n) is 8.77. The maximum absolute atomic E-state index is 5.92. The van der Waals surface area contributed by atoms with Crippen molar-refractivity contribution in [2.45, 2.75) is 18.4 Å². The Balaban J connectivity index is 1.80. The molecular weight excluding hydrogens is 208 g/mol. The number of hydrogen-bond acceptors (Lipinski definition) is 4. The van der Waals surface area contributed by atoms with E-state index < -0.39 is 0 Å². The van der Waals surface area contributed by atoms with Gasteiger partial charge in [-0.05, 0) is 6.07 Å². The first-order chi connectivity index (χ1) is 7.92. The van der Waals surface area contributed by atoms with Gasteiger partial charge in [0.25, 0.3) is 0 Å². The van der Waals surface area contributed by atoms with Gasteiger partial charge in [-0.3, -0.25) is 0 Å². The highest BCUT2D eigenvalue weighted by Gasteiger charge is 2.38. The quantitative estimate of drug-likeness (QED) is 0.666. The normalized spacial score (nSPS) is 29.5. The molecule has 0 aliphatic carbocycles. The third-order valence-electron chi connectivity index (χ3n) is 3.48. The summed E-state index contributed by atoms with van der Waals surface area (Å²) in [6.07, 6.45) is 1.23. The topological polar surface area (TPSA) is 36.9 Å². The van der Waals surface area contributed by atoms with Gasteiger partial charge >= 0.3 is 0 Å². The van der Waals surface area contributed by atoms with E-state index >= 15 is 0 Å². The van der Waals surface area contributed by atoms with Gasteiger partial charge in [0.2, 0.25) is 6.79 Å². The Morgan fingerprint density at radius 2 is 1.94 bits per heavy atom. The Hall–Kier alpha value is -1.42. The summed E-state index contributed by atoms with van der Waals surface area (Å²) >= 11 is 0. The van der Waals surface area contributed by atoms with Gasteiger partial charge in [0.05, 0.1) is 13.2 Å². The predicted molar refractivity (Wildman–Crippen MR) is 55.2 cm³/mol. The molecule has 1 fully saturated rings. The highest BCUT2D eigenvalue weighted by Crippen LogP contribution is 2.47. The SMILES string of the molecule is c1c2c(cc3c1OC1CCOCC31)OCO2. The summed E-state index contributed by atoms with van der Waals surface area (Å²) < 4.78 is 22.2. The molecule has 0 bridgehead atoms. The molecule has 0 amide bonds. The maximum Gasteiger partial charge on any atom is 0.231 e. The lowest BCUT2D eigenvalue weighted by atomic mass is 9.93. The number of ether oxygens (including phenoxy) is 4. The van der Waals surface area contributed by atoms with Gasteiger partial charge in [0.1, 0.15) is 11.9 Å². The van der Waals surface area contributed by atoms with Crippen molar-refractivity contribution in [3.05, 3.63) is 17.7 Å². The van der Waals surface area contributed by atoms with E-state index in [1.165, 1.54) is 5.56 Å². The van der Waals surface area contributed by atoms with Crippen molar-refractivity contribution in [2.75, 3.05) is 20.0 Å². The minimum atomic E-state index is 0.270. The molecule has 84 valence electrons. The van der Waals surface area contributed by atoms with Crippen LogP contribution in [0, 0.1) is 0 Å². The molecule has 1 aromatic rings. The van der Waals surface area contributed by atoms with Crippen LogP contribution in [-0.4, -0.2) is 26.1 Å². The van der Waals surface area contributed by atoms with Gasteiger partial charge in [-0.15, -0.1) is 0 Å². The average molecular weight is 220 g/mol. The van der Waals surface area contributed by atoms with Crippen LogP contribution in [0.3, 0.4) is 0 Å². The zero-order valence-corrected chi connectivity index (χ0v) is 8.77. The monoisotopic (exact) mass is 220 g/mol. The Morgan fingerprint density at radius 1 is 1.06 bits per heavy atom. The van der Waals surface area contributed by atoms with Crippen molar-refractivity contribution < 1.29 is 18.9 Å². The minimum Gasteiger partial charge on any atom is -0.489 e. The minimum absolute atomic E-state index is 0.270. The van der Waals surface area contributed by atoms with Crippen molar-refractivity contribution >= 4 is 0 Å². The molecule has 0 aromatic heterocycles. The number of fused-ring (bicyclic) bond motifs is 4. The molecule has 0 saturated carbocycles. The molecule has 16 heavy (non-hydrogen) atoms.